The van der Waals surface area contributed by atoms with Crippen molar-refractivity contribution in [1.29, 1.82) is 0 Å². The van der Waals surface area contributed by atoms with E-state index in [0.717, 1.165) is 22.4 Å². The summed E-state index contributed by atoms with van der Waals surface area (Å²) in [6.07, 6.45) is 0. The summed E-state index contributed by atoms with van der Waals surface area (Å²) in [4.78, 5) is 12.6. The maximum Gasteiger partial charge on any atom is 0.253 e. The van der Waals surface area contributed by atoms with Crippen molar-refractivity contribution in [2.75, 3.05) is 7.11 Å². The highest BCUT2D eigenvalue weighted by molar-refractivity contribution is 6.36. The highest BCUT2D eigenvalue weighted by Gasteiger charge is 2.18. The van der Waals surface area contributed by atoms with Crippen molar-refractivity contribution in [3.63, 3.8) is 0 Å². The van der Waals surface area contributed by atoms with Crippen molar-refractivity contribution in [3.05, 3.63) is 62.6 Å². The summed E-state index contributed by atoms with van der Waals surface area (Å²) >= 11 is 12.0. The zero-order valence-corrected chi connectivity index (χ0v) is 16.6. The molecule has 2 rings (SSSR count). The quantitative estimate of drug-likeness (QED) is 0.699. The van der Waals surface area contributed by atoms with Gasteiger partial charge in [0.25, 0.3) is 5.91 Å². The molecule has 134 valence electrons. The largest absolute Gasteiger partial charge is 0.496 e. The summed E-state index contributed by atoms with van der Waals surface area (Å²) in [6, 6.07) is 8.81. The van der Waals surface area contributed by atoms with Crippen LogP contribution in [0.4, 0.5) is 0 Å². The Kier molecular flexibility index (Phi) is 6.36. The summed E-state index contributed by atoms with van der Waals surface area (Å²) in [7, 11) is 1.67. The van der Waals surface area contributed by atoms with Crippen molar-refractivity contribution in [1.82, 2.24) is 5.32 Å². The van der Waals surface area contributed by atoms with E-state index < -0.39 is 0 Å². The molecule has 2 aromatic rings. The van der Waals surface area contributed by atoms with E-state index >= 15 is 0 Å². The number of aryl methyl sites for hydroxylation is 1. The van der Waals surface area contributed by atoms with Gasteiger partial charge in [0.1, 0.15) is 5.75 Å². The van der Waals surface area contributed by atoms with Gasteiger partial charge in [-0.25, -0.2) is 0 Å². The minimum absolute atomic E-state index is 0.164. The summed E-state index contributed by atoms with van der Waals surface area (Å²) < 4.78 is 5.48. The Hall–Kier alpha value is -1.71. The molecule has 2 aromatic carbocycles. The molecule has 0 aliphatic rings. The van der Waals surface area contributed by atoms with Gasteiger partial charge in [-0.05, 0) is 66.8 Å². The number of amides is 1. The second-order valence-electron chi connectivity index (χ2n) is 6.42. The third-order valence-corrected chi connectivity index (χ3v) is 4.78. The first-order valence-electron chi connectivity index (χ1n) is 8.19. The van der Waals surface area contributed by atoms with E-state index in [4.69, 9.17) is 27.9 Å². The molecule has 0 saturated heterocycles. The van der Waals surface area contributed by atoms with Gasteiger partial charge < -0.3 is 10.1 Å². The number of rotatable bonds is 5. The Balaban J connectivity index is 2.29. The summed E-state index contributed by atoms with van der Waals surface area (Å²) in [6.45, 7) is 8.21. The molecule has 1 N–H and O–H groups in total. The van der Waals surface area contributed by atoms with E-state index in [1.807, 2.05) is 19.9 Å². The highest BCUT2D eigenvalue weighted by atomic mass is 35.5. The molecule has 0 aliphatic carbocycles. The van der Waals surface area contributed by atoms with Gasteiger partial charge in [0.2, 0.25) is 0 Å². The normalized spacial score (nSPS) is 12.2. The van der Waals surface area contributed by atoms with E-state index in [9.17, 15) is 4.79 Å². The van der Waals surface area contributed by atoms with Gasteiger partial charge in [0.15, 0.2) is 0 Å². The molecule has 0 unspecified atom stereocenters. The van der Waals surface area contributed by atoms with Crippen molar-refractivity contribution in [2.24, 2.45) is 0 Å². The monoisotopic (exact) mass is 379 g/mol. The molecule has 0 heterocycles. The molecular formula is C20H23Cl2NO2. The number of carbonyl (C=O) groups excluding carboxylic acids is 1. The maximum absolute atomic E-state index is 12.6. The molecule has 1 amide bonds. The molecule has 3 nitrogen and oxygen atoms in total. The van der Waals surface area contributed by atoms with Crippen LogP contribution in [-0.2, 0) is 0 Å². The lowest BCUT2D eigenvalue weighted by molar-refractivity contribution is 0.0940. The fourth-order valence-corrected chi connectivity index (χ4v) is 3.33. The SMILES string of the molecule is COc1cc(C)c([C@H](C)NC(=O)c2ccc(Cl)cc2Cl)cc1C(C)C. The van der Waals surface area contributed by atoms with E-state index in [1.54, 1.807) is 25.3 Å². The number of nitrogens with one attached hydrogen (secondary N) is 1. The Labute approximate surface area is 159 Å². The zero-order chi connectivity index (χ0) is 18.7. The molecule has 0 saturated carbocycles. The van der Waals surface area contributed by atoms with Crippen LogP contribution in [-0.4, -0.2) is 13.0 Å². The van der Waals surface area contributed by atoms with Gasteiger partial charge in [0, 0.05) is 5.02 Å². The lowest BCUT2D eigenvalue weighted by atomic mass is 9.93. The Morgan fingerprint density at radius 3 is 2.32 bits per heavy atom. The minimum atomic E-state index is -0.226. The lowest BCUT2D eigenvalue weighted by Crippen LogP contribution is -2.27. The second-order valence-corrected chi connectivity index (χ2v) is 7.27. The number of hydrogen-bond donors (Lipinski definition) is 1. The third kappa shape index (κ3) is 4.47. The van der Waals surface area contributed by atoms with Crippen LogP contribution in [0.25, 0.3) is 0 Å². The Morgan fingerprint density at radius 2 is 1.76 bits per heavy atom. The summed E-state index contributed by atoms with van der Waals surface area (Å²) in [5.41, 5.74) is 3.65. The number of ether oxygens (including phenoxy) is 1. The van der Waals surface area contributed by atoms with Gasteiger partial charge in [-0.3, -0.25) is 4.79 Å². The van der Waals surface area contributed by atoms with Gasteiger partial charge in [-0.1, -0.05) is 37.0 Å². The zero-order valence-electron chi connectivity index (χ0n) is 15.1. The predicted molar refractivity (Wildman–Crippen MR) is 104 cm³/mol. The van der Waals surface area contributed by atoms with Crippen molar-refractivity contribution in [2.45, 2.75) is 39.7 Å². The average Bonchev–Trinajstić information content (AvgIpc) is 2.53. The molecule has 0 aromatic heterocycles. The molecule has 0 radical (unpaired) electrons. The molecule has 0 spiro atoms. The van der Waals surface area contributed by atoms with Crippen molar-refractivity contribution in [3.8, 4) is 5.75 Å². The second kappa shape index (κ2) is 8.11. The number of hydrogen-bond acceptors (Lipinski definition) is 2. The van der Waals surface area contributed by atoms with Crippen molar-refractivity contribution >= 4 is 29.1 Å². The standard InChI is InChI=1S/C20H23Cl2NO2/c1-11(2)16-10-17(12(3)8-19(16)25-5)13(4)23-20(24)15-7-6-14(21)9-18(15)22/h6-11,13H,1-5H3,(H,23,24)/t13-/m0/s1. The van der Waals surface area contributed by atoms with Gasteiger partial charge in [-0.15, -0.1) is 0 Å². The first kappa shape index (κ1) is 19.6. The van der Waals surface area contributed by atoms with Gasteiger partial charge >= 0.3 is 0 Å². The third-order valence-electron chi connectivity index (χ3n) is 4.23. The average molecular weight is 380 g/mol. The van der Waals surface area contributed by atoms with Crippen LogP contribution in [0.1, 0.15) is 59.8 Å². The molecule has 0 bridgehead atoms. The van der Waals surface area contributed by atoms with E-state index in [1.165, 1.54) is 0 Å². The molecule has 25 heavy (non-hydrogen) atoms. The fraction of sp³-hybridized carbons (Fsp3) is 0.350. The lowest BCUT2D eigenvalue weighted by Gasteiger charge is -2.21. The number of carbonyl (C=O) groups is 1. The van der Waals surface area contributed by atoms with E-state index in [-0.39, 0.29) is 11.9 Å². The predicted octanol–water partition coefficient (Wildman–Crippen LogP) is 5.92. The van der Waals surface area contributed by atoms with Crippen LogP contribution >= 0.6 is 23.2 Å². The van der Waals surface area contributed by atoms with Gasteiger partial charge in [-0.2, -0.15) is 0 Å². The summed E-state index contributed by atoms with van der Waals surface area (Å²) in [5, 5.41) is 3.85. The van der Waals surface area contributed by atoms with Gasteiger partial charge in [0.05, 0.1) is 23.7 Å². The number of halogens is 2. The molecule has 5 heteroatoms. The first-order valence-corrected chi connectivity index (χ1v) is 8.94. The smallest absolute Gasteiger partial charge is 0.253 e. The molecule has 0 fully saturated rings. The molecule has 0 aliphatic heterocycles. The highest BCUT2D eigenvalue weighted by Crippen LogP contribution is 2.32. The molecule has 1 atom stereocenters. The Morgan fingerprint density at radius 1 is 1.08 bits per heavy atom. The minimum Gasteiger partial charge on any atom is -0.496 e. The van der Waals surface area contributed by atoms with E-state index in [0.29, 0.717) is 21.5 Å². The topological polar surface area (TPSA) is 38.3 Å². The van der Waals surface area contributed by atoms with Crippen LogP contribution in [0.15, 0.2) is 30.3 Å². The van der Waals surface area contributed by atoms with Crippen molar-refractivity contribution < 1.29 is 9.53 Å². The first-order chi connectivity index (χ1) is 11.7. The number of methoxy groups -OCH3 is 1. The summed E-state index contributed by atoms with van der Waals surface area (Å²) in [5.74, 6) is 0.967. The van der Waals surface area contributed by atoms with Crippen LogP contribution < -0.4 is 10.1 Å². The van der Waals surface area contributed by atoms with Crippen LogP contribution in [0.3, 0.4) is 0 Å². The number of benzene rings is 2. The Bertz CT molecular complexity index is 788. The maximum atomic E-state index is 12.6. The molecular weight excluding hydrogens is 357 g/mol. The van der Waals surface area contributed by atoms with Crippen LogP contribution in [0.2, 0.25) is 10.0 Å². The van der Waals surface area contributed by atoms with Crippen LogP contribution in [0, 0.1) is 6.92 Å². The van der Waals surface area contributed by atoms with E-state index in [2.05, 4.69) is 25.2 Å². The van der Waals surface area contributed by atoms with Crippen LogP contribution in [0.5, 0.6) is 5.75 Å². The fourth-order valence-electron chi connectivity index (χ4n) is 2.84.